The first-order chi connectivity index (χ1) is 8.61. The molecule has 1 aliphatic rings. The lowest BCUT2D eigenvalue weighted by molar-refractivity contribution is 0.584. The van der Waals surface area contributed by atoms with Gasteiger partial charge in [0, 0.05) is 17.5 Å². The zero-order valence-electron chi connectivity index (χ0n) is 9.40. The Morgan fingerprint density at radius 1 is 1.00 bits per heavy atom. The maximum Gasteiger partial charge on any atom is 0.223 e. The number of nitrogens with zero attached hydrogens (tertiary/aromatic N) is 3. The molecule has 6 heteroatoms. The molecular weight excluding hydrogens is 238 g/mol. The van der Waals surface area contributed by atoms with Crippen molar-refractivity contribution < 1.29 is 8.78 Å². The Bertz CT molecular complexity index is 591. The fourth-order valence-electron chi connectivity index (χ4n) is 1.75. The molecule has 2 N–H and O–H groups in total. The van der Waals surface area contributed by atoms with Gasteiger partial charge in [-0.1, -0.05) is 0 Å². The number of hydrogen-bond donors (Lipinski definition) is 1. The Morgan fingerprint density at radius 2 is 1.67 bits per heavy atom. The zero-order chi connectivity index (χ0) is 12.7. The summed E-state index contributed by atoms with van der Waals surface area (Å²) in [6, 6.07) is 3.15. The summed E-state index contributed by atoms with van der Waals surface area (Å²) in [5.74, 6) is -0.155. The van der Waals surface area contributed by atoms with Gasteiger partial charge in [0.15, 0.2) is 5.82 Å². The monoisotopic (exact) mass is 248 g/mol. The van der Waals surface area contributed by atoms with Crippen LogP contribution in [0.15, 0.2) is 18.2 Å². The van der Waals surface area contributed by atoms with Gasteiger partial charge in [-0.15, -0.1) is 0 Å². The van der Waals surface area contributed by atoms with E-state index in [0.29, 0.717) is 11.7 Å². The lowest BCUT2D eigenvalue weighted by atomic mass is 10.2. The van der Waals surface area contributed by atoms with E-state index >= 15 is 0 Å². The summed E-state index contributed by atoms with van der Waals surface area (Å²) in [6.07, 6.45) is 2.03. The molecule has 0 saturated heterocycles. The summed E-state index contributed by atoms with van der Waals surface area (Å²) in [7, 11) is 0. The Hall–Kier alpha value is -2.11. The number of hydrogen-bond acceptors (Lipinski definition) is 4. The zero-order valence-corrected chi connectivity index (χ0v) is 9.40. The fraction of sp³-hybridized carbons (Fsp3) is 0.250. The van der Waals surface area contributed by atoms with E-state index in [9.17, 15) is 8.78 Å². The Morgan fingerprint density at radius 3 is 2.28 bits per heavy atom. The van der Waals surface area contributed by atoms with Crippen molar-refractivity contribution in [1.29, 1.82) is 0 Å². The molecule has 92 valence electrons. The number of benzene rings is 1. The normalized spacial score (nSPS) is 14.8. The molecule has 1 fully saturated rings. The highest BCUT2D eigenvalue weighted by atomic mass is 19.1. The first kappa shape index (κ1) is 11.0. The van der Waals surface area contributed by atoms with Crippen LogP contribution < -0.4 is 5.73 Å². The summed E-state index contributed by atoms with van der Waals surface area (Å²) >= 11 is 0. The van der Waals surface area contributed by atoms with Crippen LogP contribution in [0.3, 0.4) is 0 Å². The molecule has 0 bridgehead atoms. The molecule has 0 spiro atoms. The quantitative estimate of drug-likeness (QED) is 0.885. The van der Waals surface area contributed by atoms with E-state index in [0.717, 1.165) is 18.9 Å². The molecule has 0 amide bonds. The van der Waals surface area contributed by atoms with Crippen LogP contribution in [0, 0.1) is 11.6 Å². The molecule has 4 nitrogen and oxygen atoms in total. The summed E-state index contributed by atoms with van der Waals surface area (Å²) in [4.78, 5) is 12.2. The van der Waals surface area contributed by atoms with Crippen LogP contribution in [-0.4, -0.2) is 15.0 Å². The number of aromatic nitrogens is 3. The third-order valence-corrected chi connectivity index (χ3v) is 2.73. The van der Waals surface area contributed by atoms with Crippen molar-refractivity contribution in [3.8, 4) is 11.4 Å². The first-order valence-electron chi connectivity index (χ1n) is 5.60. The Balaban J connectivity index is 2.09. The summed E-state index contributed by atoms with van der Waals surface area (Å²) in [5, 5.41) is 0. The van der Waals surface area contributed by atoms with Gasteiger partial charge in [0.05, 0.1) is 0 Å². The van der Waals surface area contributed by atoms with Gasteiger partial charge in [-0.3, -0.25) is 0 Å². The van der Waals surface area contributed by atoms with Crippen LogP contribution in [0.25, 0.3) is 11.4 Å². The smallest absolute Gasteiger partial charge is 0.223 e. The van der Waals surface area contributed by atoms with Gasteiger partial charge < -0.3 is 5.73 Å². The van der Waals surface area contributed by atoms with Crippen molar-refractivity contribution in [2.75, 3.05) is 5.73 Å². The van der Waals surface area contributed by atoms with Gasteiger partial charge in [-0.25, -0.2) is 13.8 Å². The van der Waals surface area contributed by atoms with Crippen LogP contribution in [0.1, 0.15) is 24.6 Å². The largest absolute Gasteiger partial charge is 0.368 e. The highest BCUT2D eigenvalue weighted by Gasteiger charge is 2.27. The van der Waals surface area contributed by atoms with Gasteiger partial charge in [0.25, 0.3) is 0 Å². The molecule has 0 atom stereocenters. The van der Waals surface area contributed by atoms with Crippen molar-refractivity contribution in [2.45, 2.75) is 18.8 Å². The lowest BCUT2D eigenvalue weighted by Gasteiger charge is -2.04. The van der Waals surface area contributed by atoms with Gasteiger partial charge in [-0.2, -0.15) is 9.97 Å². The predicted molar refractivity (Wildman–Crippen MR) is 61.6 cm³/mol. The van der Waals surface area contributed by atoms with Crippen LogP contribution in [0.5, 0.6) is 0 Å². The molecule has 18 heavy (non-hydrogen) atoms. The molecule has 0 unspecified atom stereocenters. The number of rotatable bonds is 2. The Labute approximate surface area is 102 Å². The molecular formula is C12H10F2N4. The summed E-state index contributed by atoms with van der Waals surface area (Å²) in [5.41, 5.74) is 5.86. The van der Waals surface area contributed by atoms with E-state index in [1.165, 1.54) is 12.1 Å². The van der Waals surface area contributed by atoms with Gasteiger partial charge >= 0.3 is 0 Å². The molecule has 1 saturated carbocycles. The summed E-state index contributed by atoms with van der Waals surface area (Å²) < 4.78 is 26.3. The number of halogens is 2. The van der Waals surface area contributed by atoms with Gasteiger partial charge in [0.1, 0.15) is 17.5 Å². The average Bonchev–Trinajstić information content (AvgIpc) is 3.10. The molecule has 1 aromatic carbocycles. The summed E-state index contributed by atoms with van der Waals surface area (Å²) in [6.45, 7) is 0. The van der Waals surface area contributed by atoms with Crippen molar-refractivity contribution in [1.82, 2.24) is 15.0 Å². The van der Waals surface area contributed by atoms with Crippen LogP contribution >= 0.6 is 0 Å². The second-order valence-electron chi connectivity index (χ2n) is 4.31. The van der Waals surface area contributed by atoms with E-state index < -0.39 is 11.6 Å². The highest BCUT2D eigenvalue weighted by molar-refractivity contribution is 5.56. The van der Waals surface area contributed by atoms with Crippen molar-refractivity contribution in [3.05, 3.63) is 35.7 Å². The minimum Gasteiger partial charge on any atom is -0.368 e. The van der Waals surface area contributed by atoms with E-state index in [-0.39, 0.29) is 17.3 Å². The average molecular weight is 248 g/mol. The topological polar surface area (TPSA) is 64.7 Å². The molecule has 3 rings (SSSR count). The highest BCUT2D eigenvalue weighted by Crippen LogP contribution is 2.38. The molecule has 2 aromatic rings. The van der Waals surface area contributed by atoms with E-state index in [2.05, 4.69) is 15.0 Å². The SMILES string of the molecule is Nc1nc(-c2cc(F)cc(F)c2)nc(C2CC2)n1. The molecule has 0 radical (unpaired) electrons. The van der Waals surface area contributed by atoms with E-state index in [4.69, 9.17) is 5.73 Å². The minimum absolute atomic E-state index is 0.0755. The minimum atomic E-state index is -0.669. The molecule has 1 heterocycles. The number of anilines is 1. The molecule has 1 aliphatic carbocycles. The molecule has 0 aliphatic heterocycles. The Kier molecular flexibility index (Phi) is 2.43. The maximum atomic E-state index is 13.1. The van der Waals surface area contributed by atoms with E-state index in [1.807, 2.05) is 0 Å². The first-order valence-corrected chi connectivity index (χ1v) is 5.60. The van der Waals surface area contributed by atoms with Crippen LogP contribution in [0.2, 0.25) is 0 Å². The molecule has 1 aromatic heterocycles. The maximum absolute atomic E-state index is 13.1. The number of nitrogen functional groups attached to an aromatic ring is 1. The van der Waals surface area contributed by atoms with Crippen molar-refractivity contribution in [2.24, 2.45) is 0 Å². The van der Waals surface area contributed by atoms with E-state index in [1.54, 1.807) is 0 Å². The second kappa shape index (κ2) is 3.97. The van der Waals surface area contributed by atoms with Gasteiger partial charge in [0.2, 0.25) is 5.95 Å². The fourth-order valence-corrected chi connectivity index (χ4v) is 1.75. The third kappa shape index (κ3) is 2.13. The van der Waals surface area contributed by atoms with Crippen molar-refractivity contribution in [3.63, 3.8) is 0 Å². The number of nitrogens with two attached hydrogens (primary N) is 1. The van der Waals surface area contributed by atoms with Crippen molar-refractivity contribution >= 4 is 5.95 Å². The van der Waals surface area contributed by atoms with Crippen LogP contribution in [-0.2, 0) is 0 Å². The standard InChI is InChI=1S/C12H10F2N4/c13-8-3-7(4-9(14)5-8)11-16-10(6-1-2-6)17-12(15)18-11/h3-6H,1-2H2,(H2,15,16,17,18). The third-order valence-electron chi connectivity index (χ3n) is 2.73. The lowest BCUT2D eigenvalue weighted by Crippen LogP contribution is -2.04. The predicted octanol–water partition coefficient (Wildman–Crippen LogP) is 2.28. The van der Waals surface area contributed by atoms with Crippen LogP contribution in [0.4, 0.5) is 14.7 Å². The van der Waals surface area contributed by atoms with Gasteiger partial charge in [-0.05, 0) is 25.0 Å². The second-order valence-corrected chi connectivity index (χ2v) is 4.31.